The molecule has 6 heteroatoms. The summed E-state index contributed by atoms with van der Waals surface area (Å²) in [6, 6.07) is 5.42. The summed E-state index contributed by atoms with van der Waals surface area (Å²) >= 11 is 5.89. The Hall–Kier alpha value is -1.75. The van der Waals surface area contributed by atoms with Gasteiger partial charge in [-0.1, -0.05) is 24.4 Å². The maximum Gasteiger partial charge on any atom is 0.419 e. The van der Waals surface area contributed by atoms with Crippen LogP contribution in [-0.4, -0.2) is 28.5 Å². The second-order valence-corrected chi connectivity index (χ2v) is 6.26. The number of carbonyl (C=O) groups is 1. The number of nitrogens with zero attached hydrogens (tertiary/aromatic N) is 2. The molecule has 0 atom stereocenters. The van der Waals surface area contributed by atoms with Crippen LogP contribution < -0.4 is 5.76 Å². The van der Waals surface area contributed by atoms with Gasteiger partial charge in [-0.05, 0) is 25.0 Å². The van der Waals surface area contributed by atoms with Crippen LogP contribution in [0.1, 0.15) is 32.1 Å². The van der Waals surface area contributed by atoms with Crippen LogP contribution in [0.25, 0.3) is 11.1 Å². The molecule has 1 aromatic carbocycles. The van der Waals surface area contributed by atoms with Crippen molar-refractivity contribution in [2.75, 3.05) is 7.05 Å². The van der Waals surface area contributed by atoms with Crippen LogP contribution in [0.4, 0.5) is 0 Å². The summed E-state index contributed by atoms with van der Waals surface area (Å²) < 4.78 is 6.66. The minimum Gasteiger partial charge on any atom is -0.408 e. The first-order valence-corrected chi connectivity index (χ1v) is 7.98. The molecule has 118 valence electrons. The molecule has 0 bridgehead atoms. The van der Waals surface area contributed by atoms with Gasteiger partial charge in [-0.2, -0.15) is 0 Å². The van der Waals surface area contributed by atoms with Gasteiger partial charge in [-0.25, -0.2) is 4.79 Å². The van der Waals surface area contributed by atoms with E-state index in [0.29, 0.717) is 35.1 Å². The van der Waals surface area contributed by atoms with Crippen LogP contribution in [0, 0.1) is 0 Å². The lowest BCUT2D eigenvalue weighted by atomic mass is 10.2. The molecule has 1 aliphatic carbocycles. The lowest BCUT2D eigenvalue weighted by molar-refractivity contribution is -0.132. The Morgan fingerprint density at radius 2 is 2.14 bits per heavy atom. The van der Waals surface area contributed by atoms with Crippen molar-refractivity contribution in [2.45, 2.75) is 44.7 Å². The van der Waals surface area contributed by atoms with E-state index in [0.717, 1.165) is 12.8 Å². The van der Waals surface area contributed by atoms with Gasteiger partial charge >= 0.3 is 5.76 Å². The number of aryl methyl sites for hydroxylation is 1. The van der Waals surface area contributed by atoms with Crippen molar-refractivity contribution < 1.29 is 9.21 Å². The van der Waals surface area contributed by atoms with Crippen LogP contribution in [0.3, 0.4) is 0 Å². The highest BCUT2D eigenvalue weighted by atomic mass is 35.5. The van der Waals surface area contributed by atoms with Crippen LogP contribution in [0.2, 0.25) is 5.02 Å². The second-order valence-electron chi connectivity index (χ2n) is 5.82. The maximum absolute atomic E-state index is 12.3. The van der Waals surface area contributed by atoms with Crippen molar-refractivity contribution in [2.24, 2.45) is 0 Å². The highest BCUT2D eigenvalue weighted by Gasteiger charge is 2.23. The molecule has 0 radical (unpaired) electrons. The van der Waals surface area contributed by atoms with E-state index >= 15 is 0 Å². The van der Waals surface area contributed by atoms with Crippen molar-refractivity contribution >= 4 is 28.6 Å². The predicted octanol–water partition coefficient (Wildman–Crippen LogP) is 3.04. The molecule has 1 aliphatic rings. The number of aromatic nitrogens is 1. The van der Waals surface area contributed by atoms with Crippen LogP contribution >= 0.6 is 11.6 Å². The van der Waals surface area contributed by atoms with Gasteiger partial charge in [0.05, 0.1) is 5.52 Å². The third kappa shape index (κ3) is 2.90. The Bertz CT molecular complexity index is 743. The number of fused-ring (bicyclic) bond motifs is 1. The number of hydrogen-bond acceptors (Lipinski definition) is 3. The van der Waals surface area contributed by atoms with Crippen molar-refractivity contribution in [3.05, 3.63) is 33.8 Å². The minimum absolute atomic E-state index is 0.0714. The highest BCUT2D eigenvalue weighted by Crippen LogP contribution is 2.23. The standard InChI is InChI=1S/C16H19ClN2O3/c1-18(12-4-2-3-5-12)15(20)8-9-19-13-7-6-11(17)10-14(13)22-16(19)21/h6-7,10,12H,2-5,8-9H2,1H3. The second kappa shape index (κ2) is 6.16. The lowest BCUT2D eigenvalue weighted by Crippen LogP contribution is -2.36. The Kier molecular flexibility index (Phi) is 4.25. The van der Waals surface area contributed by atoms with Gasteiger partial charge in [-0.3, -0.25) is 9.36 Å². The van der Waals surface area contributed by atoms with Crippen molar-refractivity contribution in [3.8, 4) is 0 Å². The molecule has 5 nitrogen and oxygen atoms in total. The minimum atomic E-state index is -0.450. The van der Waals surface area contributed by atoms with E-state index < -0.39 is 5.76 Å². The van der Waals surface area contributed by atoms with Gasteiger partial charge in [0.15, 0.2) is 5.58 Å². The molecule has 0 spiro atoms. The number of carbonyl (C=O) groups excluding carboxylic acids is 1. The largest absolute Gasteiger partial charge is 0.419 e. The van der Waals surface area contributed by atoms with Crippen molar-refractivity contribution in [1.82, 2.24) is 9.47 Å². The first-order valence-electron chi connectivity index (χ1n) is 7.61. The van der Waals surface area contributed by atoms with E-state index in [-0.39, 0.29) is 5.91 Å². The molecule has 1 saturated carbocycles. The molecule has 1 aromatic heterocycles. The fourth-order valence-electron chi connectivity index (χ4n) is 3.13. The van der Waals surface area contributed by atoms with E-state index in [2.05, 4.69) is 0 Å². The third-order valence-electron chi connectivity index (χ3n) is 4.45. The molecule has 0 unspecified atom stereocenters. The molecule has 0 saturated heterocycles. The Labute approximate surface area is 133 Å². The molecule has 1 heterocycles. The van der Waals surface area contributed by atoms with Gasteiger partial charge in [0.2, 0.25) is 5.91 Å². The molecule has 1 amide bonds. The quantitative estimate of drug-likeness (QED) is 0.869. The molecule has 2 aromatic rings. The zero-order chi connectivity index (χ0) is 15.7. The number of rotatable bonds is 4. The number of hydrogen-bond donors (Lipinski definition) is 0. The summed E-state index contributed by atoms with van der Waals surface area (Å²) in [5, 5.41) is 0.519. The summed E-state index contributed by atoms with van der Waals surface area (Å²) in [5.41, 5.74) is 1.12. The molecule has 1 fully saturated rings. The van der Waals surface area contributed by atoms with Gasteiger partial charge in [0.25, 0.3) is 0 Å². The zero-order valence-electron chi connectivity index (χ0n) is 12.5. The lowest BCUT2D eigenvalue weighted by Gasteiger charge is -2.24. The fraction of sp³-hybridized carbons (Fsp3) is 0.500. The van der Waals surface area contributed by atoms with Gasteiger partial charge in [0.1, 0.15) is 0 Å². The summed E-state index contributed by atoms with van der Waals surface area (Å²) in [7, 11) is 1.86. The van der Waals surface area contributed by atoms with Gasteiger partial charge in [-0.15, -0.1) is 0 Å². The highest BCUT2D eigenvalue weighted by molar-refractivity contribution is 6.31. The monoisotopic (exact) mass is 322 g/mol. The summed E-state index contributed by atoms with van der Waals surface area (Å²) in [5.74, 6) is -0.379. The third-order valence-corrected chi connectivity index (χ3v) is 4.68. The molecule has 0 aliphatic heterocycles. The van der Waals surface area contributed by atoms with E-state index in [4.69, 9.17) is 16.0 Å². The Balaban J connectivity index is 1.72. The first kappa shape index (κ1) is 15.2. The maximum atomic E-state index is 12.3. The van der Waals surface area contributed by atoms with E-state index in [1.807, 2.05) is 11.9 Å². The molecule has 3 rings (SSSR count). The van der Waals surface area contributed by atoms with Crippen molar-refractivity contribution in [1.29, 1.82) is 0 Å². The normalized spacial score (nSPS) is 15.5. The van der Waals surface area contributed by atoms with Gasteiger partial charge in [0, 0.05) is 37.1 Å². The molecular formula is C16H19ClN2O3. The van der Waals surface area contributed by atoms with Crippen LogP contribution in [-0.2, 0) is 11.3 Å². The number of oxazole rings is 1. The first-order chi connectivity index (χ1) is 10.6. The fourth-order valence-corrected chi connectivity index (χ4v) is 3.29. The van der Waals surface area contributed by atoms with Crippen LogP contribution in [0.5, 0.6) is 0 Å². The predicted molar refractivity (Wildman–Crippen MR) is 85.1 cm³/mol. The summed E-state index contributed by atoms with van der Waals surface area (Å²) in [6.45, 7) is 0.323. The number of benzene rings is 1. The SMILES string of the molecule is CN(C(=O)CCn1c(=O)oc2cc(Cl)ccc21)C1CCCC1. The van der Waals surface area contributed by atoms with E-state index in [1.54, 1.807) is 18.2 Å². The van der Waals surface area contributed by atoms with Crippen LogP contribution in [0.15, 0.2) is 27.4 Å². The molecule has 22 heavy (non-hydrogen) atoms. The molecule has 0 N–H and O–H groups in total. The summed E-state index contributed by atoms with van der Waals surface area (Å²) in [6.07, 6.45) is 4.83. The smallest absolute Gasteiger partial charge is 0.408 e. The van der Waals surface area contributed by atoms with E-state index in [9.17, 15) is 9.59 Å². The topological polar surface area (TPSA) is 55.5 Å². The van der Waals surface area contributed by atoms with Gasteiger partial charge < -0.3 is 9.32 Å². The van der Waals surface area contributed by atoms with E-state index in [1.165, 1.54) is 17.4 Å². The average molecular weight is 323 g/mol. The zero-order valence-corrected chi connectivity index (χ0v) is 13.3. The Morgan fingerprint density at radius 1 is 1.41 bits per heavy atom. The summed E-state index contributed by atoms with van der Waals surface area (Å²) in [4.78, 5) is 26.0. The van der Waals surface area contributed by atoms with Crippen molar-refractivity contribution in [3.63, 3.8) is 0 Å². The average Bonchev–Trinajstić information content (AvgIpc) is 3.11. The number of halogens is 1. The Morgan fingerprint density at radius 3 is 2.86 bits per heavy atom. The number of amides is 1. The molecular weight excluding hydrogens is 304 g/mol.